The molecule has 1 heterocycles. The summed E-state index contributed by atoms with van der Waals surface area (Å²) in [6.07, 6.45) is 4.41. The van der Waals surface area contributed by atoms with Crippen LogP contribution in [-0.4, -0.2) is 25.5 Å². The summed E-state index contributed by atoms with van der Waals surface area (Å²) in [6, 6.07) is 10.4. The Hall–Kier alpha value is -3.11. The highest BCUT2D eigenvalue weighted by Crippen LogP contribution is 2.18. The standard InChI is InChI=1S/C21H25N3O6S/c1-3-4-5-6-13-29-16-9-7-15(8-10-16)20(25)22-23-31(27,28)17-11-12-18-19(14-17)30-21(26)24(18)2/h7-12,14,23H,3-6,13H2,1-2H3,(H,22,25). The van der Waals surface area contributed by atoms with Crippen LogP contribution in [-0.2, 0) is 17.1 Å². The lowest BCUT2D eigenvalue weighted by Crippen LogP contribution is -2.41. The van der Waals surface area contributed by atoms with E-state index >= 15 is 0 Å². The minimum absolute atomic E-state index is 0.131. The van der Waals surface area contributed by atoms with Gasteiger partial charge >= 0.3 is 5.76 Å². The van der Waals surface area contributed by atoms with Crippen LogP contribution < -0.4 is 20.7 Å². The first-order valence-electron chi connectivity index (χ1n) is 9.96. The van der Waals surface area contributed by atoms with E-state index in [2.05, 4.69) is 12.3 Å². The monoisotopic (exact) mass is 447 g/mol. The highest BCUT2D eigenvalue weighted by Gasteiger charge is 2.18. The SMILES string of the molecule is CCCCCCOc1ccc(C(=O)NNS(=O)(=O)c2ccc3c(c2)oc(=O)n3C)cc1. The Morgan fingerprint density at radius 2 is 1.84 bits per heavy atom. The topological polar surface area (TPSA) is 120 Å². The molecule has 0 saturated heterocycles. The van der Waals surface area contributed by atoms with Crippen LogP contribution in [0.15, 0.2) is 56.6 Å². The van der Waals surface area contributed by atoms with Crippen molar-refractivity contribution in [2.45, 2.75) is 37.5 Å². The van der Waals surface area contributed by atoms with Crippen LogP contribution in [0.3, 0.4) is 0 Å². The molecule has 0 aliphatic rings. The van der Waals surface area contributed by atoms with Crippen molar-refractivity contribution < 1.29 is 22.4 Å². The molecule has 0 radical (unpaired) electrons. The van der Waals surface area contributed by atoms with Crippen LogP contribution in [0.25, 0.3) is 11.1 Å². The van der Waals surface area contributed by atoms with Crippen molar-refractivity contribution in [3.63, 3.8) is 0 Å². The summed E-state index contributed by atoms with van der Waals surface area (Å²) in [5, 5.41) is 0. The van der Waals surface area contributed by atoms with Crippen molar-refractivity contribution in [3.8, 4) is 5.75 Å². The van der Waals surface area contributed by atoms with Gasteiger partial charge in [0.2, 0.25) is 0 Å². The van der Waals surface area contributed by atoms with Crippen molar-refractivity contribution in [1.29, 1.82) is 0 Å². The number of rotatable bonds is 10. The molecule has 166 valence electrons. The third-order valence-corrected chi connectivity index (χ3v) is 6.00. The number of fused-ring (bicyclic) bond motifs is 1. The lowest BCUT2D eigenvalue weighted by atomic mass is 10.2. The van der Waals surface area contributed by atoms with E-state index in [1.807, 2.05) is 4.83 Å². The molecule has 0 fully saturated rings. The number of aryl methyl sites for hydroxylation is 1. The second-order valence-electron chi connectivity index (χ2n) is 7.05. The largest absolute Gasteiger partial charge is 0.494 e. The number of amides is 1. The van der Waals surface area contributed by atoms with Crippen LogP contribution in [0.2, 0.25) is 0 Å². The number of hydrogen-bond acceptors (Lipinski definition) is 6. The van der Waals surface area contributed by atoms with Crippen LogP contribution in [0.4, 0.5) is 0 Å². The van der Waals surface area contributed by atoms with Gasteiger partial charge in [-0.25, -0.2) is 13.2 Å². The van der Waals surface area contributed by atoms with E-state index in [-0.39, 0.29) is 16.0 Å². The van der Waals surface area contributed by atoms with Crippen molar-refractivity contribution in [3.05, 3.63) is 58.6 Å². The van der Waals surface area contributed by atoms with Gasteiger partial charge in [0.25, 0.3) is 15.9 Å². The van der Waals surface area contributed by atoms with Gasteiger partial charge in [0, 0.05) is 18.7 Å². The summed E-state index contributed by atoms with van der Waals surface area (Å²) in [5.74, 6) is -0.573. The third-order valence-electron chi connectivity index (χ3n) is 4.76. The number of hydrazine groups is 1. The number of oxazole rings is 1. The Labute approximate surface area is 180 Å². The second-order valence-corrected chi connectivity index (χ2v) is 8.73. The van der Waals surface area contributed by atoms with Gasteiger partial charge in [-0.1, -0.05) is 26.2 Å². The fraction of sp³-hybridized carbons (Fsp3) is 0.333. The van der Waals surface area contributed by atoms with E-state index in [9.17, 15) is 18.0 Å². The normalized spacial score (nSPS) is 11.5. The molecule has 0 aliphatic carbocycles. The van der Waals surface area contributed by atoms with Gasteiger partial charge < -0.3 is 9.15 Å². The molecule has 1 aromatic heterocycles. The maximum Gasteiger partial charge on any atom is 0.419 e. The zero-order valence-corrected chi connectivity index (χ0v) is 18.2. The zero-order valence-electron chi connectivity index (χ0n) is 17.4. The Kier molecular flexibility index (Phi) is 7.13. The van der Waals surface area contributed by atoms with Crippen LogP contribution in [0.5, 0.6) is 5.75 Å². The number of ether oxygens (including phenoxy) is 1. The molecule has 0 saturated carbocycles. The van der Waals surface area contributed by atoms with Gasteiger partial charge in [0.15, 0.2) is 5.58 Å². The maximum atomic E-state index is 12.5. The first kappa shape index (κ1) is 22.6. The van der Waals surface area contributed by atoms with Gasteiger partial charge in [-0.2, -0.15) is 0 Å². The van der Waals surface area contributed by atoms with Crippen LogP contribution >= 0.6 is 0 Å². The summed E-state index contributed by atoms with van der Waals surface area (Å²) < 4.78 is 36.9. The zero-order chi connectivity index (χ0) is 22.4. The molecule has 0 aliphatic heterocycles. The van der Waals surface area contributed by atoms with Crippen molar-refractivity contribution in [2.75, 3.05) is 6.61 Å². The molecule has 1 amide bonds. The van der Waals surface area contributed by atoms with E-state index in [0.29, 0.717) is 17.9 Å². The smallest absolute Gasteiger partial charge is 0.419 e. The molecular weight excluding hydrogens is 422 g/mol. The van der Waals surface area contributed by atoms with E-state index < -0.39 is 21.7 Å². The predicted octanol–water partition coefficient (Wildman–Crippen LogP) is 2.71. The number of aromatic nitrogens is 1. The van der Waals surface area contributed by atoms with E-state index in [1.165, 1.54) is 36.2 Å². The molecule has 31 heavy (non-hydrogen) atoms. The molecule has 10 heteroatoms. The molecular formula is C21H25N3O6S. The number of benzene rings is 2. The van der Waals surface area contributed by atoms with Crippen LogP contribution in [0, 0.1) is 0 Å². The Morgan fingerprint density at radius 3 is 2.55 bits per heavy atom. The molecule has 2 N–H and O–H groups in total. The summed E-state index contributed by atoms with van der Waals surface area (Å²) in [5.41, 5.74) is 3.03. The van der Waals surface area contributed by atoms with Crippen molar-refractivity contribution >= 4 is 27.0 Å². The fourth-order valence-electron chi connectivity index (χ4n) is 2.95. The molecule has 0 unspecified atom stereocenters. The summed E-state index contributed by atoms with van der Waals surface area (Å²) in [6.45, 7) is 2.75. The summed E-state index contributed by atoms with van der Waals surface area (Å²) >= 11 is 0. The summed E-state index contributed by atoms with van der Waals surface area (Å²) in [4.78, 5) is 25.7. The van der Waals surface area contributed by atoms with E-state index in [4.69, 9.17) is 9.15 Å². The lowest BCUT2D eigenvalue weighted by molar-refractivity contribution is 0.0945. The average molecular weight is 448 g/mol. The van der Waals surface area contributed by atoms with Crippen molar-refractivity contribution in [2.24, 2.45) is 7.05 Å². The highest BCUT2D eigenvalue weighted by molar-refractivity contribution is 7.89. The molecule has 0 spiro atoms. The highest BCUT2D eigenvalue weighted by atomic mass is 32.2. The number of nitrogens with one attached hydrogen (secondary N) is 2. The number of carbonyl (C=O) groups excluding carboxylic acids is 1. The maximum absolute atomic E-state index is 12.5. The number of sulfonamides is 1. The van der Waals surface area contributed by atoms with Crippen LogP contribution in [0.1, 0.15) is 43.0 Å². The molecule has 3 rings (SSSR count). The molecule has 2 aromatic carbocycles. The molecule has 3 aromatic rings. The number of unbranched alkanes of at least 4 members (excludes halogenated alkanes) is 3. The van der Waals surface area contributed by atoms with E-state index in [0.717, 1.165) is 19.3 Å². The Morgan fingerprint density at radius 1 is 1.10 bits per heavy atom. The molecule has 0 bridgehead atoms. The Balaban J connectivity index is 1.58. The molecule has 0 atom stereocenters. The fourth-order valence-corrected chi connectivity index (χ4v) is 3.80. The second kappa shape index (κ2) is 9.80. The first-order valence-corrected chi connectivity index (χ1v) is 11.4. The molecule has 9 nitrogen and oxygen atoms in total. The van der Waals surface area contributed by atoms with Gasteiger partial charge in [-0.3, -0.25) is 14.8 Å². The Bertz CT molecular complexity index is 1210. The van der Waals surface area contributed by atoms with E-state index in [1.54, 1.807) is 24.3 Å². The van der Waals surface area contributed by atoms with Gasteiger partial charge in [-0.05, 0) is 42.8 Å². The first-order chi connectivity index (χ1) is 14.8. The third kappa shape index (κ3) is 5.53. The number of hydrogen-bond donors (Lipinski definition) is 2. The van der Waals surface area contributed by atoms with Gasteiger partial charge in [-0.15, -0.1) is 4.83 Å². The minimum atomic E-state index is -4.06. The average Bonchev–Trinajstić information content (AvgIpc) is 3.05. The quantitative estimate of drug-likeness (QED) is 0.364. The minimum Gasteiger partial charge on any atom is -0.494 e. The van der Waals surface area contributed by atoms with Gasteiger partial charge in [0.05, 0.1) is 17.0 Å². The summed E-state index contributed by atoms with van der Waals surface area (Å²) in [7, 11) is -2.55. The predicted molar refractivity (Wildman–Crippen MR) is 115 cm³/mol. The lowest BCUT2D eigenvalue weighted by Gasteiger charge is -2.09. The van der Waals surface area contributed by atoms with Crippen molar-refractivity contribution in [1.82, 2.24) is 14.8 Å². The number of nitrogens with zero attached hydrogens (tertiary/aromatic N) is 1. The van der Waals surface area contributed by atoms with Gasteiger partial charge in [0.1, 0.15) is 5.75 Å². The number of carbonyl (C=O) groups is 1.